The molecule has 23 heavy (non-hydrogen) atoms. The van der Waals surface area contributed by atoms with Crippen molar-refractivity contribution in [3.8, 4) is 0 Å². The van der Waals surface area contributed by atoms with Crippen molar-refractivity contribution in [2.75, 3.05) is 6.54 Å². The average molecular weight is 320 g/mol. The highest BCUT2D eigenvalue weighted by Gasteiger charge is 2.16. The van der Waals surface area contributed by atoms with Crippen molar-refractivity contribution in [1.82, 2.24) is 10.6 Å². The van der Waals surface area contributed by atoms with Crippen LogP contribution in [0, 0.1) is 19.7 Å². The van der Waals surface area contributed by atoms with Crippen molar-refractivity contribution >= 4 is 6.03 Å². The Morgan fingerprint density at radius 3 is 2.52 bits per heavy atom. The summed E-state index contributed by atoms with van der Waals surface area (Å²) in [5.74, 6) is 1.19. The van der Waals surface area contributed by atoms with Crippen LogP contribution < -0.4 is 10.6 Å². The summed E-state index contributed by atoms with van der Waals surface area (Å²) in [6, 6.07) is 6.79. The van der Waals surface area contributed by atoms with E-state index in [0.29, 0.717) is 5.56 Å². The number of nitrogens with one attached hydrogen (secondary N) is 2. The molecule has 5 nitrogen and oxygen atoms in total. The van der Waals surface area contributed by atoms with Crippen LogP contribution in [0.1, 0.15) is 41.7 Å². The van der Waals surface area contributed by atoms with Gasteiger partial charge < -0.3 is 20.2 Å². The van der Waals surface area contributed by atoms with Crippen molar-refractivity contribution in [2.24, 2.45) is 0 Å². The number of aliphatic hydroxyl groups is 1. The number of halogens is 1. The van der Waals surface area contributed by atoms with Crippen molar-refractivity contribution in [3.05, 3.63) is 58.8 Å². The van der Waals surface area contributed by atoms with Crippen molar-refractivity contribution in [1.29, 1.82) is 0 Å². The Labute approximate surface area is 134 Å². The van der Waals surface area contributed by atoms with Gasteiger partial charge in [0, 0.05) is 12.1 Å². The molecule has 0 radical (unpaired) electrons. The summed E-state index contributed by atoms with van der Waals surface area (Å²) in [4.78, 5) is 11.9. The molecule has 0 saturated carbocycles. The van der Waals surface area contributed by atoms with Crippen LogP contribution in [0.4, 0.5) is 9.18 Å². The highest BCUT2D eigenvalue weighted by atomic mass is 19.1. The van der Waals surface area contributed by atoms with Crippen molar-refractivity contribution in [3.63, 3.8) is 0 Å². The van der Waals surface area contributed by atoms with E-state index in [0.717, 1.165) is 17.1 Å². The fourth-order valence-electron chi connectivity index (χ4n) is 2.40. The van der Waals surface area contributed by atoms with Gasteiger partial charge in [-0.2, -0.15) is 0 Å². The maximum absolute atomic E-state index is 12.8. The van der Waals surface area contributed by atoms with Crippen LogP contribution in [0.15, 0.2) is 34.7 Å². The third kappa shape index (κ3) is 4.56. The largest absolute Gasteiger partial charge is 0.466 e. The van der Waals surface area contributed by atoms with E-state index >= 15 is 0 Å². The first kappa shape index (κ1) is 17.0. The number of hydrogen-bond donors (Lipinski definition) is 3. The molecule has 2 rings (SSSR count). The molecule has 0 saturated heterocycles. The number of carbonyl (C=O) groups excluding carboxylic acids is 1. The van der Waals surface area contributed by atoms with Gasteiger partial charge in [-0.3, -0.25) is 0 Å². The minimum atomic E-state index is -0.894. The zero-order valence-electron chi connectivity index (χ0n) is 13.4. The quantitative estimate of drug-likeness (QED) is 0.792. The smallest absolute Gasteiger partial charge is 0.315 e. The number of aliphatic hydroxyl groups excluding tert-OH is 1. The van der Waals surface area contributed by atoms with Gasteiger partial charge in [0.1, 0.15) is 17.3 Å². The molecule has 0 bridgehead atoms. The average Bonchev–Trinajstić information content (AvgIpc) is 2.84. The zero-order valence-corrected chi connectivity index (χ0v) is 13.4. The lowest BCUT2D eigenvalue weighted by molar-refractivity contribution is 0.172. The van der Waals surface area contributed by atoms with Gasteiger partial charge in [-0.1, -0.05) is 12.1 Å². The summed E-state index contributed by atoms with van der Waals surface area (Å²) >= 11 is 0. The number of amides is 2. The van der Waals surface area contributed by atoms with Crippen LogP contribution in [0.2, 0.25) is 0 Å². The van der Waals surface area contributed by atoms with E-state index in [4.69, 9.17) is 4.42 Å². The van der Waals surface area contributed by atoms with Gasteiger partial charge in [-0.05, 0) is 44.5 Å². The number of rotatable bonds is 5. The third-order valence-corrected chi connectivity index (χ3v) is 3.60. The minimum Gasteiger partial charge on any atom is -0.466 e. The second-order valence-corrected chi connectivity index (χ2v) is 5.51. The van der Waals surface area contributed by atoms with Crippen LogP contribution in [0.3, 0.4) is 0 Å². The highest BCUT2D eigenvalue weighted by molar-refractivity contribution is 5.74. The molecule has 1 heterocycles. The number of furan rings is 1. The predicted octanol–water partition coefficient (Wildman–Crippen LogP) is 3.13. The molecule has 6 heteroatoms. The molecule has 2 amide bonds. The molecule has 1 aromatic heterocycles. The van der Waals surface area contributed by atoms with E-state index in [1.165, 1.54) is 24.3 Å². The fraction of sp³-hybridized carbons (Fsp3) is 0.353. The topological polar surface area (TPSA) is 74.5 Å². The fourth-order valence-corrected chi connectivity index (χ4v) is 2.40. The predicted molar refractivity (Wildman–Crippen MR) is 84.5 cm³/mol. The second kappa shape index (κ2) is 7.28. The number of benzene rings is 1. The summed E-state index contributed by atoms with van der Waals surface area (Å²) in [6.07, 6.45) is -0.894. The van der Waals surface area contributed by atoms with Crippen molar-refractivity contribution in [2.45, 2.75) is 32.9 Å². The molecule has 0 aliphatic heterocycles. The van der Waals surface area contributed by atoms with Crippen LogP contribution in [0.5, 0.6) is 0 Å². The lowest BCUT2D eigenvalue weighted by Crippen LogP contribution is -2.39. The van der Waals surface area contributed by atoms with E-state index in [1.54, 1.807) is 0 Å². The van der Waals surface area contributed by atoms with E-state index in [9.17, 15) is 14.3 Å². The molecule has 3 N–H and O–H groups in total. The number of urea groups is 1. The molecule has 2 unspecified atom stereocenters. The summed E-state index contributed by atoms with van der Waals surface area (Å²) in [5, 5.41) is 15.4. The molecule has 124 valence electrons. The van der Waals surface area contributed by atoms with E-state index in [1.807, 2.05) is 26.8 Å². The molecule has 2 atom stereocenters. The van der Waals surface area contributed by atoms with Crippen molar-refractivity contribution < 1.29 is 18.7 Å². The van der Waals surface area contributed by atoms with Gasteiger partial charge in [0.05, 0.1) is 12.1 Å². The molecule has 2 aromatic rings. The third-order valence-electron chi connectivity index (χ3n) is 3.60. The second-order valence-electron chi connectivity index (χ2n) is 5.51. The minimum absolute atomic E-state index is 0.0353. The van der Waals surface area contributed by atoms with Gasteiger partial charge >= 0.3 is 6.03 Å². The zero-order chi connectivity index (χ0) is 17.0. The Hall–Kier alpha value is -2.34. The molecule has 0 aliphatic rings. The van der Waals surface area contributed by atoms with Gasteiger partial charge in [0.2, 0.25) is 0 Å². The van der Waals surface area contributed by atoms with Gasteiger partial charge in [-0.15, -0.1) is 0 Å². The SMILES string of the molecule is Cc1cc(C(C)NC(=O)NCC(O)c2ccc(F)cc2)c(C)o1. The Bertz CT molecular complexity index is 667. The number of hydrogen-bond acceptors (Lipinski definition) is 3. The highest BCUT2D eigenvalue weighted by Crippen LogP contribution is 2.21. The lowest BCUT2D eigenvalue weighted by atomic mass is 10.1. The Morgan fingerprint density at radius 1 is 1.30 bits per heavy atom. The van der Waals surface area contributed by atoms with E-state index < -0.39 is 12.1 Å². The summed E-state index contributed by atoms with van der Waals surface area (Å²) in [7, 11) is 0. The number of carbonyl (C=O) groups is 1. The van der Waals surface area contributed by atoms with Crippen LogP contribution >= 0.6 is 0 Å². The maximum Gasteiger partial charge on any atom is 0.315 e. The molecule has 1 aromatic carbocycles. The first-order valence-electron chi connectivity index (χ1n) is 7.41. The van der Waals surface area contributed by atoms with Gasteiger partial charge in [0.25, 0.3) is 0 Å². The number of aryl methyl sites for hydroxylation is 2. The summed E-state index contributed by atoms with van der Waals surface area (Å²) < 4.78 is 18.3. The monoisotopic (exact) mass is 320 g/mol. The first-order valence-corrected chi connectivity index (χ1v) is 7.41. The standard InChI is InChI=1S/C17H21FN2O3/c1-10-8-15(12(3)23-10)11(2)20-17(22)19-9-16(21)13-4-6-14(18)7-5-13/h4-8,11,16,21H,9H2,1-3H3,(H2,19,20,22). The maximum atomic E-state index is 12.8. The first-order chi connectivity index (χ1) is 10.9. The molecule has 0 aliphatic carbocycles. The van der Waals surface area contributed by atoms with Crippen LogP contribution in [-0.2, 0) is 0 Å². The summed E-state index contributed by atoms with van der Waals surface area (Å²) in [5.41, 5.74) is 1.46. The van der Waals surface area contributed by atoms with Crippen LogP contribution in [0.25, 0.3) is 0 Å². The normalized spacial score (nSPS) is 13.4. The summed E-state index contributed by atoms with van der Waals surface area (Å²) in [6.45, 7) is 5.58. The van der Waals surface area contributed by atoms with E-state index in [-0.39, 0.29) is 18.4 Å². The van der Waals surface area contributed by atoms with Gasteiger partial charge in [0.15, 0.2) is 0 Å². The molecule has 0 spiro atoms. The Balaban J connectivity index is 1.85. The van der Waals surface area contributed by atoms with Gasteiger partial charge in [-0.25, -0.2) is 9.18 Å². The lowest BCUT2D eigenvalue weighted by Gasteiger charge is -2.16. The molecule has 0 fully saturated rings. The molecular formula is C17H21FN2O3. The Morgan fingerprint density at radius 2 is 1.96 bits per heavy atom. The molecular weight excluding hydrogens is 299 g/mol. The van der Waals surface area contributed by atoms with E-state index in [2.05, 4.69) is 10.6 Å². The van der Waals surface area contributed by atoms with Crippen LogP contribution in [-0.4, -0.2) is 17.7 Å². The Kier molecular flexibility index (Phi) is 5.39.